The van der Waals surface area contributed by atoms with Crippen LogP contribution in [0.5, 0.6) is 0 Å². The minimum Gasteiger partial charge on any atom is -0.455 e. The van der Waals surface area contributed by atoms with E-state index >= 15 is 0 Å². The van der Waals surface area contributed by atoms with Gasteiger partial charge in [0, 0.05) is 12.1 Å². The molecule has 0 bridgehead atoms. The van der Waals surface area contributed by atoms with E-state index < -0.39 is 53.6 Å². The Kier molecular flexibility index (Phi) is 5.97. The summed E-state index contributed by atoms with van der Waals surface area (Å²) in [6.07, 6.45) is -5.06. The number of rotatable bonds is 4. The average molecular weight is 445 g/mol. The molecule has 158 valence electrons. The summed E-state index contributed by atoms with van der Waals surface area (Å²) < 4.78 is 57.5. The number of para-hydroxylation sites is 1. The van der Waals surface area contributed by atoms with Crippen LogP contribution in [0.15, 0.2) is 36.4 Å². The Hall–Kier alpha value is -3.14. The molecule has 1 heterocycles. The van der Waals surface area contributed by atoms with E-state index in [1.807, 2.05) is 5.32 Å². The molecule has 2 aromatic rings. The lowest BCUT2D eigenvalue weighted by Gasteiger charge is -2.24. The van der Waals surface area contributed by atoms with Gasteiger partial charge in [-0.25, -0.2) is 4.39 Å². The molecule has 11 heteroatoms. The summed E-state index contributed by atoms with van der Waals surface area (Å²) in [7, 11) is 0. The maximum absolute atomic E-state index is 13.3. The van der Waals surface area contributed by atoms with Crippen LogP contribution in [-0.2, 0) is 25.3 Å². The van der Waals surface area contributed by atoms with Crippen molar-refractivity contribution in [3.05, 3.63) is 58.4 Å². The second-order valence-corrected chi connectivity index (χ2v) is 6.76. The van der Waals surface area contributed by atoms with Gasteiger partial charge in [-0.05, 0) is 29.8 Å². The van der Waals surface area contributed by atoms with E-state index in [1.54, 1.807) is 0 Å². The average Bonchev–Trinajstić information content (AvgIpc) is 2.65. The number of hydrogen-bond acceptors (Lipinski definition) is 4. The van der Waals surface area contributed by atoms with Crippen LogP contribution in [0.1, 0.15) is 23.5 Å². The maximum atomic E-state index is 13.3. The van der Waals surface area contributed by atoms with Gasteiger partial charge in [0.2, 0.25) is 5.91 Å². The molecule has 1 atom stereocenters. The summed E-state index contributed by atoms with van der Waals surface area (Å²) in [6, 6.07) is 6.42. The Morgan fingerprint density at radius 3 is 2.67 bits per heavy atom. The highest BCUT2D eigenvalue weighted by molar-refractivity contribution is 6.34. The molecule has 0 fully saturated rings. The van der Waals surface area contributed by atoms with Crippen molar-refractivity contribution in [2.45, 2.75) is 18.5 Å². The monoisotopic (exact) mass is 444 g/mol. The van der Waals surface area contributed by atoms with Crippen molar-refractivity contribution in [1.29, 1.82) is 0 Å². The number of nitrogens with one attached hydrogen (secondary N) is 2. The van der Waals surface area contributed by atoms with Gasteiger partial charge < -0.3 is 15.4 Å². The Balaban J connectivity index is 1.70. The lowest BCUT2D eigenvalue weighted by molar-refractivity contribution is -0.150. The molecule has 6 nitrogen and oxygen atoms in total. The third-order valence-electron chi connectivity index (χ3n) is 4.27. The minimum atomic E-state index is -4.77. The Bertz CT molecular complexity index is 1030. The summed E-state index contributed by atoms with van der Waals surface area (Å²) in [5.74, 6) is -4.27. The van der Waals surface area contributed by atoms with Crippen LogP contribution in [0.25, 0.3) is 0 Å². The Morgan fingerprint density at radius 2 is 1.97 bits per heavy atom. The van der Waals surface area contributed by atoms with Crippen molar-refractivity contribution in [3.63, 3.8) is 0 Å². The van der Waals surface area contributed by atoms with Crippen LogP contribution in [0, 0.1) is 5.82 Å². The predicted octanol–water partition coefficient (Wildman–Crippen LogP) is 4.11. The number of hydrogen-bond donors (Lipinski definition) is 2. The third kappa shape index (κ3) is 4.70. The molecule has 0 saturated heterocycles. The van der Waals surface area contributed by atoms with Crippen LogP contribution in [0.2, 0.25) is 5.02 Å². The van der Waals surface area contributed by atoms with Gasteiger partial charge in [0.1, 0.15) is 5.82 Å². The van der Waals surface area contributed by atoms with E-state index in [2.05, 4.69) is 5.32 Å². The van der Waals surface area contributed by atoms with Crippen LogP contribution in [0.4, 0.5) is 28.9 Å². The van der Waals surface area contributed by atoms with Crippen molar-refractivity contribution in [2.24, 2.45) is 0 Å². The first-order chi connectivity index (χ1) is 14.1. The number of amides is 2. The smallest absolute Gasteiger partial charge is 0.418 e. The molecule has 1 aliphatic rings. The summed E-state index contributed by atoms with van der Waals surface area (Å²) in [5, 5.41) is 4.06. The first-order valence-electron chi connectivity index (χ1n) is 8.47. The van der Waals surface area contributed by atoms with Gasteiger partial charge in [-0.15, -0.1) is 0 Å². The highest BCUT2D eigenvalue weighted by atomic mass is 35.5. The predicted molar refractivity (Wildman–Crippen MR) is 98.4 cm³/mol. The van der Waals surface area contributed by atoms with Gasteiger partial charge in [-0.2, -0.15) is 13.2 Å². The fourth-order valence-corrected chi connectivity index (χ4v) is 3.17. The van der Waals surface area contributed by atoms with E-state index in [0.717, 1.165) is 30.3 Å². The Morgan fingerprint density at radius 1 is 1.23 bits per heavy atom. The number of esters is 1. The standard InChI is InChI=1S/C19H13ClF4N2O4/c20-13-3-1-2-12(19(22,23)24)17(13)26-16(28)8-30-18(29)11-7-15(27)25-14-6-9(21)4-5-10(11)14/h1-6,11H,7-8H2,(H,25,27)(H,26,28). The normalized spacial score (nSPS) is 15.8. The molecule has 0 spiro atoms. The summed E-state index contributed by atoms with van der Waals surface area (Å²) in [6.45, 7) is -0.907. The van der Waals surface area contributed by atoms with Crippen molar-refractivity contribution < 1.29 is 36.7 Å². The second-order valence-electron chi connectivity index (χ2n) is 6.35. The van der Waals surface area contributed by atoms with E-state index in [1.165, 1.54) is 6.07 Å². The molecule has 2 amide bonds. The van der Waals surface area contributed by atoms with Crippen molar-refractivity contribution in [2.75, 3.05) is 17.2 Å². The number of carbonyl (C=O) groups excluding carboxylic acids is 3. The molecule has 2 N–H and O–H groups in total. The van der Waals surface area contributed by atoms with Crippen LogP contribution < -0.4 is 10.6 Å². The van der Waals surface area contributed by atoms with Crippen molar-refractivity contribution >= 4 is 40.8 Å². The van der Waals surface area contributed by atoms with Crippen molar-refractivity contribution in [1.82, 2.24) is 0 Å². The minimum absolute atomic E-state index is 0.100. The summed E-state index contributed by atoms with van der Waals surface area (Å²) in [4.78, 5) is 36.2. The topological polar surface area (TPSA) is 84.5 Å². The van der Waals surface area contributed by atoms with E-state index in [4.69, 9.17) is 16.3 Å². The highest BCUT2D eigenvalue weighted by Crippen LogP contribution is 2.38. The third-order valence-corrected chi connectivity index (χ3v) is 4.58. The number of halogens is 5. The molecule has 0 saturated carbocycles. The van der Waals surface area contributed by atoms with Crippen molar-refractivity contribution in [3.8, 4) is 0 Å². The molecular weight excluding hydrogens is 432 g/mol. The van der Waals surface area contributed by atoms with Gasteiger partial charge >= 0.3 is 12.1 Å². The van der Waals surface area contributed by atoms with E-state index in [9.17, 15) is 31.9 Å². The first-order valence-corrected chi connectivity index (χ1v) is 8.85. The van der Waals surface area contributed by atoms with E-state index in [0.29, 0.717) is 5.56 Å². The zero-order valence-corrected chi connectivity index (χ0v) is 15.7. The quantitative estimate of drug-likeness (QED) is 0.549. The van der Waals surface area contributed by atoms with Gasteiger partial charge in [-0.3, -0.25) is 14.4 Å². The molecule has 3 rings (SSSR count). The lowest BCUT2D eigenvalue weighted by atomic mass is 9.90. The van der Waals surface area contributed by atoms with Gasteiger partial charge in [0.05, 0.1) is 22.2 Å². The molecule has 0 aliphatic carbocycles. The van der Waals surface area contributed by atoms with Crippen LogP contribution >= 0.6 is 11.6 Å². The molecule has 30 heavy (non-hydrogen) atoms. The van der Waals surface area contributed by atoms with Crippen LogP contribution in [0.3, 0.4) is 0 Å². The highest BCUT2D eigenvalue weighted by Gasteiger charge is 2.35. The van der Waals surface area contributed by atoms with Gasteiger partial charge in [0.15, 0.2) is 6.61 Å². The number of fused-ring (bicyclic) bond motifs is 1. The molecule has 2 aromatic carbocycles. The zero-order valence-electron chi connectivity index (χ0n) is 15.0. The van der Waals surface area contributed by atoms with Crippen LogP contribution in [-0.4, -0.2) is 24.4 Å². The number of ether oxygens (including phenoxy) is 1. The largest absolute Gasteiger partial charge is 0.455 e. The second kappa shape index (κ2) is 8.31. The number of carbonyl (C=O) groups is 3. The molecule has 1 unspecified atom stereocenters. The number of benzene rings is 2. The number of anilines is 2. The van der Waals surface area contributed by atoms with Gasteiger partial charge in [0.25, 0.3) is 5.91 Å². The maximum Gasteiger partial charge on any atom is 0.418 e. The SMILES string of the molecule is O=C1CC(C(=O)OCC(=O)Nc2c(Cl)cccc2C(F)(F)F)c2ccc(F)cc2N1. The lowest BCUT2D eigenvalue weighted by Crippen LogP contribution is -2.30. The fraction of sp³-hybridized carbons (Fsp3) is 0.211. The Labute approximate surface area is 172 Å². The van der Waals surface area contributed by atoms with E-state index in [-0.39, 0.29) is 17.1 Å². The van der Waals surface area contributed by atoms with Gasteiger partial charge in [-0.1, -0.05) is 23.7 Å². The summed E-state index contributed by atoms with van der Waals surface area (Å²) in [5.41, 5.74) is -1.42. The number of alkyl halides is 3. The first kappa shape index (κ1) is 21.6. The summed E-state index contributed by atoms with van der Waals surface area (Å²) >= 11 is 5.75. The fourth-order valence-electron chi connectivity index (χ4n) is 2.95. The molecular formula is C19H13ClF4N2O4. The molecule has 0 aromatic heterocycles. The zero-order chi connectivity index (χ0) is 22.1. The molecule has 0 radical (unpaired) electrons. The molecule has 1 aliphatic heterocycles.